The molecule has 2 N–H and O–H groups in total. The highest BCUT2D eigenvalue weighted by atomic mass is 32.2. The largest absolute Gasteiger partial charge is 0.481 e. The first kappa shape index (κ1) is 20.5. The SMILES string of the molecule is CC1N(/C=C/CCS(=O)(=O)O)c2ccccc2C1(C)CCCCC(=O)O. The first-order valence-electron chi connectivity index (χ1n) is 8.86. The Labute approximate surface area is 155 Å². The summed E-state index contributed by atoms with van der Waals surface area (Å²) in [7, 11) is -3.96. The molecule has 0 bridgehead atoms. The van der Waals surface area contributed by atoms with Gasteiger partial charge in [0.05, 0.1) is 5.75 Å². The quantitative estimate of drug-likeness (QED) is 0.501. The Hall–Kier alpha value is -1.86. The van der Waals surface area contributed by atoms with Crippen LogP contribution in [0.4, 0.5) is 5.69 Å². The minimum absolute atomic E-state index is 0.109. The first-order chi connectivity index (χ1) is 12.1. The van der Waals surface area contributed by atoms with Crippen LogP contribution in [0.2, 0.25) is 0 Å². The van der Waals surface area contributed by atoms with Crippen molar-refractivity contribution in [1.82, 2.24) is 0 Å². The van der Waals surface area contributed by atoms with E-state index in [2.05, 4.69) is 24.8 Å². The number of rotatable bonds is 9. The van der Waals surface area contributed by atoms with Crippen LogP contribution >= 0.6 is 0 Å². The van der Waals surface area contributed by atoms with Crippen LogP contribution in [0, 0.1) is 0 Å². The Balaban J connectivity index is 2.14. The number of aliphatic carboxylic acids is 1. The summed E-state index contributed by atoms with van der Waals surface area (Å²) in [4.78, 5) is 12.9. The summed E-state index contributed by atoms with van der Waals surface area (Å²) >= 11 is 0. The lowest BCUT2D eigenvalue weighted by molar-refractivity contribution is -0.137. The molecule has 0 radical (unpaired) electrons. The average molecular weight is 381 g/mol. The number of fused-ring (bicyclic) bond motifs is 1. The van der Waals surface area contributed by atoms with E-state index in [9.17, 15) is 13.2 Å². The van der Waals surface area contributed by atoms with E-state index in [1.54, 1.807) is 6.08 Å². The van der Waals surface area contributed by atoms with Crippen LogP contribution in [-0.2, 0) is 20.3 Å². The van der Waals surface area contributed by atoms with E-state index in [0.717, 1.165) is 18.5 Å². The molecule has 1 aromatic rings. The van der Waals surface area contributed by atoms with Crippen LogP contribution in [0.1, 0.15) is 51.5 Å². The van der Waals surface area contributed by atoms with E-state index >= 15 is 0 Å². The Morgan fingerprint density at radius 3 is 2.65 bits per heavy atom. The zero-order valence-electron chi connectivity index (χ0n) is 15.3. The van der Waals surface area contributed by atoms with Gasteiger partial charge in [-0.25, -0.2) is 0 Å². The number of allylic oxidation sites excluding steroid dienone is 1. The molecule has 2 atom stereocenters. The number of carbonyl (C=O) groups is 1. The second kappa shape index (κ2) is 8.22. The topological polar surface area (TPSA) is 94.9 Å². The van der Waals surface area contributed by atoms with Crippen LogP contribution < -0.4 is 4.90 Å². The summed E-state index contributed by atoms with van der Waals surface area (Å²) in [5.74, 6) is -1.06. The third-order valence-electron chi connectivity index (χ3n) is 5.28. The molecule has 0 aromatic heterocycles. The van der Waals surface area contributed by atoms with Gasteiger partial charge in [0.2, 0.25) is 0 Å². The number of anilines is 1. The summed E-state index contributed by atoms with van der Waals surface area (Å²) in [6, 6.07) is 8.29. The van der Waals surface area contributed by atoms with Gasteiger partial charge < -0.3 is 10.0 Å². The molecule has 26 heavy (non-hydrogen) atoms. The summed E-state index contributed by atoms with van der Waals surface area (Å²) in [5.41, 5.74) is 2.20. The summed E-state index contributed by atoms with van der Waals surface area (Å²) in [5, 5.41) is 8.82. The smallest absolute Gasteiger partial charge is 0.303 e. The molecule has 6 nitrogen and oxygen atoms in total. The number of carboxylic acid groups (broad SMARTS) is 1. The van der Waals surface area contributed by atoms with Gasteiger partial charge in [-0.2, -0.15) is 8.42 Å². The number of unbranched alkanes of at least 4 members (excludes halogenated alkanes) is 1. The van der Waals surface area contributed by atoms with Crippen LogP contribution in [0.25, 0.3) is 0 Å². The van der Waals surface area contributed by atoms with Crippen molar-refractivity contribution in [3.8, 4) is 0 Å². The van der Waals surface area contributed by atoms with Crippen molar-refractivity contribution < 1.29 is 22.9 Å². The molecule has 1 aromatic carbocycles. The predicted molar refractivity (Wildman–Crippen MR) is 102 cm³/mol. The molecule has 2 rings (SSSR count). The van der Waals surface area contributed by atoms with Gasteiger partial charge in [0, 0.05) is 29.8 Å². The normalized spacial score (nSPS) is 22.7. The maximum Gasteiger partial charge on any atom is 0.303 e. The van der Waals surface area contributed by atoms with Crippen molar-refractivity contribution in [2.24, 2.45) is 0 Å². The van der Waals surface area contributed by atoms with Gasteiger partial charge in [0.15, 0.2) is 0 Å². The van der Waals surface area contributed by atoms with Crippen molar-refractivity contribution in [3.63, 3.8) is 0 Å². The zero-order valence-corrected chi connectivity index (χ0v) is 16.1. The first-order valence-corrected chi connectivity index (χ1v) is 10.5. The van der Waals surface area contributed by atoms with E-state index in [1.807, 2.05) is 24.4 Å². The average Bonchev–Trinajstić information content (AvgIpc) is 2.77. The van der Waals surface area contributed by atoms with Crippen molar-refractivity contribution in [2.75, 3.05) is 10.7 Å². The fourth-order valence-electron chi connectivity index (χ4n) is 3.65. The fourth-order valence-corrected chi connectivity index (χ4v) is 4.08. The van der Waals surface area contributed by atoms with Crippen LogP contribution in [-0.4, -0.2) is 35.8 Å². The van der Waals surface area contributed by atoms with Crippen LogP contribution in [0.3, 0.4) is 0 Å². The van der Waals surface area contributed by atoms with E-state index < -0.39 is 16.1 Å². The number of benzene rings is 1. The molecule has 1 heterocycles. The van der Waals surface area contributed by atoms with E-state index in [0.29, 0.717) is 6.42 Å². The molecule has 0 aliphatic carbocycles. The lowest BCUT2D eigenvalue weighted by atomic mass is 9.75. The number of nitrogens with zero attached hydrogens (tertiary/aromatic N) is 1. The van der Waals surface area contributed by atoms with E-state index in [4.69, 9.17) is 9.66 Å². The standard InChI is InChI=1S/C19H27NO5S/c1-15-19(2,12-6-5-11-18(21)22)16-9-3-4-10-17(16)20(15)13-7-8-14-26(23,24)25/h3-4,7,9-10,13,15H,5-6,8,11-12,14H2,1-2H3,(H,21,22)(H,23,24,25)/b13-7+. The van der Waals surface area contributed by atoms with Gasteiger partial charge in [0.1, 0.15) is 0 Å². The van der Waals surface area contributed by atoms with Gasteiger partial charge in [-0.3, -0.25) is 9.35 Å². The molecular formula is C19H27NO5S. The summed E-state index contributed by atoms with van der Waals surface area (Å²) in [6.45, 7) is 4.33. The molecule has 144 valence electrons. The Bertz CT molecular complexity index is 774. The van der Waals surface area contributed by atoms with Crippen molar-refractivity contribution >= 4 is 21.8 Å². The highest BCUT2D eigenvalue weighted by molar-refractivity contribution is 7.85. The lowest BCUT2D eigenvalue weighted by Gasteiger charge is -2.33. The Morgan fingerprint density at radius 1 is 1.31 bits per heavy atom. The highest BCUT2D eigenvalue weighted by Gasteiger charge is 2.43. The number of hydrogen-bond acceptors (Lipinski definition) is 4. The molecular weight excluding hydrogens is 354 g/mol. The molecule has 0 spiro atoms. The second-order valence-corrected chi connectivity index (χ2v) is 8.65. The molecule has 1 aliphatic heterocycles. The Kier molecular flexibility index (Phi) is 6.47. The van der Waals surface area contributed by atoms with Gasteiger partial charge in [-0.15, -0.1) is 0 Å². The van der Waals surface area contributed by atoms with Gasteiger partial charge in [-0.05, 0) is 37.8 Å². The molecule has 0 amide bonds. The maximum atomic E-state index is 10.9. The minimum Gasteiger partial charge on any atom is -0.481 e. The number of hydrogen-bond donors (Lipinski definition) is 2. The van der Waals surface area contributed by atoms with Gasteiger partial charge >= 0.3 is 5.97 Å². The van der Waals surface area contributed by atoms with Crippen LogP contribution in [0.5, 0.6) is 0 Å². The monoisotopic (exact) mass is 381 g/mol. The lowest BCUT2D eigenvalue weighted by Crippen LogP contribution is -2.38. The molecule has 7 heteroatoms. The highest BCUT2D eigenvalue weighted by Crippen LogP contribution is 2.48. The maximum absolute atomic E-state index is 10.9. The number of carboxylic acids is 1. The van der Waals surface area contributed by atoms with Crippen LogP contribution in [0.15, 0.2) is 36.5 Å². The van der Waals surface area contributed by atoms with Gasteiger partial charge in [-0.1, -0.05) is 37.6 Å². The second-order valence-electron chi connectivity index (χ2n) is 7.08. The predicted octanol–water partition coefficient (Wildman–Crippen LogP) is 3.59. The van der Waals surface area contributed by atoms with E-state index in [1.165, 1.54) is 5.56 Å². The Morgan fingerprint density at radius 2 is 2.00 bits per heavy atom. The van der Waals surface area contributed by atoms with Gasteiger partial charge in [0.25, 0.3) is 10.1 Å². The fraction of sp³-hybridized carbons (Fsp3) is 0.526. The molecule has 1 aliphatic rings. The van der Waals surface area contributed by atoms with Crippen molar-refractivity contribution in [2.45, 2.75) is 57.4 Å². The molecule has 0 saturated carbocycles. The molecule has 0 saturated heterocycles. The van der Waals surface area contributed by atoms with E-state index in [-0.39, 0.29) is 30.1 Å². The molecule has 2 unspecified atom stereocenters. The minimum atomic E-state index is -3.96. The number of para-hydroxylation sites is 1. The third-order valence-corrected chi connectivity index (χ3v) is 6.03. The zero-order chi connectivity index (χ0) is 19.4. The third kappa shape index (κ3) is 4.86. The van der Waals surface area contributed by atoms with Crippen molar-refractivity contribution in [3.05, 3.63) is 42.1 Å². The summed E-state index contributed by atoms with van der Waals surface area (Å²) in [6.07, 6.45) is 6.46. The molecule has 0 fully saturated rings. The summed E-state index contributed by atoms with van der Waals surface area (Å²) < 4.78 is 30.6. The van der Waals surface area contributed by atoms with Crippen molar-refractivity contribution in [1.29, 1.82) is 0 Å².